The molecule has 0 amide bonds. The van der Waals surface area contributed by atoms with Crippen molar-refractivity contribution in [1.29, 1.82) is 0 Å². The second-order valence-corrected chi connectivity index (χ2v) is 5.19. The molecule has 9 heteroatoms. The summed E-state index contributed by atoms with van der Waals surface area (Å²) in [5.74, 6) is -0.737. The maximum absolute atomic E-state index is 11.7. The maximum Gasteiger partial charge on any atom is 0.307 e. The third-order valence-corrected chi connectivity index (χ3v) is 3.13. The summed E-state index contributed by atoms with van der Waals surface area (Å²) in [7, 11) is 0. The van der Waals surface area contributed by atoms with Crippen LogP contribution in [-0.4, -0.2) is 89.7 Å². The Bertz CT molecular complexity index is 340. The van der Waals surface area contributed by atoms with Crippen molar-refractivity contribution >= 4 is 11.9 Å². The number of esters is 2. The number of ether oxygens (including phenoxy) is 6. The van der Waals surface area contributed by atoms with Crippen LogP contribution in [0.25, 0.3) is 0 Å². The van der Waals surface area contributed by atoms with Gasteiger partial charge in [0.25, 0.3) is 0 Å². The molecule has 0 aromatic rings. The lowest BCUT2D eigenvalue weighted by atomic mass is 10.3. The van der Waals surface area contributed by atoms with Crippen LogP contribution in [0.15, 0.2) is 0 Å². The van der Waals surface area contributed by atoms with Crippen LogP contribution < -0.4 is 0 Å². The van der Waals surface area contributed by atoms with Gasteiger partial charge in [0.05, 0.1) is 19.6 Å². The number of rotatable bonds is 18. The predicted octanol–water partition coefficient (Wildman–Crippen LogP) is 0.806. The minimum Gasteiger partial charge on any atom is -0.462 e. The summed E-state index contributed by atoms with van der Waals surface area (Å²) in [6.45, 7) is 9.75. The summed E-state index contributed by atoms with van der Waals surface area (Å²) in [5, 5.41) is 0. The van der Waals surface area contributed by atoms with Crippen LogP contribution in [0.1, 0.15) is 27.2 Å². The number of nitrogens with zero attached hydrogens (tertiary/aromatic N) is 1. The van der Waals surface area contributed by atoms with Gasteiger partial charge < -0.3 is 28.4 Å². The first-order chi connectivity index (χ1) is 12.6. The maximum atomic E-state index is 11.7. The molecule has 0 aliphatic heterocycles. The molecule has 0 heterocycles. The molecule has 0 saturated heterocycles. The van der Waals surface area contributed by atoms with Crippen LogP contribution in [0.4, 0.5) is 0 Å². The highest BCUT2D eigenvalue weighted by Gasteiger charge is 2.10. The Labute approximate surface area is 155 Å². The topological polar surface area (TPSA) is 92.8 Å². The summed E-state index contributed by atoms with van der Waals surface area (Å²) in [5.41, 5.74) is 0. The molecule has 154 valence electrons. The fourth-order valence-corrected chi connectivity index (χ4v) is 1.79. The molecule has 0 N–H and O–H groups in total. The highest BCUT2D eigenvalue weighted by molar-refractivity contribution is 5.69. The molecule has 0 bridgehead atoms. The highest BCUT2D eigenvalue weighted by atomic mass is 16.7. The molecule has 0 unspecified atom stereocenters. The number of carbonyl (C=O) groups is 2. The summed E-state index contributed by atoms with van der Waals surface area (Å²) >= 11 is 0. The van der Waals surface area contributed by atoms with Gasteiger partial charge in [-0.25, -0.2) is 0 Å². The van der Waals surface area contributed by atoms with Crippen LogP contribution >= 0.6 is 0 Å². The van der Waals surface area contributed by atoms with E-state index < -0.39 is 5.97 Å². The first kappa shape index (κ1) is 24.7. The third-order valence-electron chi connectivity index (χ3n) is 3.13. The molecule has 0 aliphatic rings. The molecule has 0 aromatic heterocycles. The van der Waals surface area contributed by atoms with E-state index in [1.54, 1.807) is 0 Å². The highest BCUT2D eigenvalue weighted by Crippen LogP contribution is 1.96. The van der Waals surface area contributed by atoms with Gasteiger partial charge in [-0.2, -0.15) is 0 Å². The molecule has 0 saturated carbocycles. The average molecular weight is 379 g/mol. The van der Waals surface area contributed by atoms with Gasteiger partial charge in [-0.1, -0.05) is 0 Å². The van der Waals surface area contributed by atoms with Crippen molar-refractivity contribution in [1.82, 2.24) is 4.90 Å². The van der Waals surface area contributed by atoms with E-state index in [1.807, 2.05) is 18.7 Å². The first-order valence-corrected chi connectivity index (χ1v) is 8.92. The van der Waals surface area contributed by atoms with Gasteiger partial charge in [0.15, 0.2) is 0 Å². The van der Waals surface area contributed by atoms with E-state index in [0.717, 1.165) is 0 Å². The van der Waals surface area contributed by atoms with Crippen LogP contribution in [-0.2, 0) is 38.0 Å². The van der Waals surface area contributed by atoms with Gasteiger partial charge >= 0.3 is 11.9 Å². The van der Waals surface area contributed by atoms with Crippen LogP contribution in [0, 0.1) is 0 Å². The normalized spacial score (nSPS) is 10.9. The lowest BCUT2D eigenvalue weighted by molar-refractivity contribution is -0.151. The zero-order valence-corrected chi connectivity index (χ0v) is 16.2. The standard InChI is InChI=1S/C17H33NO8/c1-4-21-14-23-10-8-18(9-11-24-15-22-5-2)7-6-17(20)26-13-12-25-16(3)19/h4-15H2,1-3H3. The molecule has 0 rings (SSSR count). The molecule has 26 heavy (non-hydrogen) atoms. The van der Waals surface area contributed by atoms with Crippen molar-refractivity contribution in [3.05, 3.63) is 0 Å². The summed E-state index contributed by atoms with van der Waals surface area (Å²) < 4.78 is 30.7. The van der Waals surface area contributed by atoms with E-state index in [4.69, 9.17) is 28.4 Å². The first-order valence-electron chi connectivity index (χ1n) is 8.92. The SMILES string of the molecule is CCOCOCCN(CCOCOCC)CCC(=O)OCCOC(C)=O. The largest absolute Gasteiger partial charge is 0.462 e. The quantitative estimate of drug-likeness (QED) is 0.195. The zero-order valence-electron chi connectivity index (χ0n) is 16.2. The fraction of sp³-hybridized carbons (Fsp3) is 0.882. The molecular weight excluding hydrogens is 346 g/mol. The predicted molar refractivity (Wildman–Crippen MR) is 93.5 cm³/mol. The van der Waals surface area contributed by atoms with E-state index in [2.05, 4.69) is 0 Å². The Balaban J connectivity index is 3.98. The van der Waals surface area contributed by atoms with E-state index in [1.165, 1.54) is 6.92 Å². The zero-order chi connectivity index (χ0) is 19.5. The minimum absolute atomic E-state index is 0.0628. The van der Waals surface area contributed by atoms with Crippen molar-refractivity contribution in [2.45, 2.75) is 27.2 Å². The van der Waals surface area contributed by atoms with Crippen molar-refractivity contribution < 1.29 is 38.0 Å². The number of hydrogen-bond acceptors (Lipinski definition) is 9. The van der Waals surface area contributed by atoms with Crippen molar-refractivity contribution in [2.24, 2.45) is 0 Å². The molecule has 0 fully saturated rings. The summed E-state index contributed by atoms with van der Waals surface area (Å²) in [4.78, 5) is 24.4. The molecule has 0 aliphatic carbocycles. The van der Waals surface area contributed by atoms with Crippen molar-refractivity contribution in [2.75, 3.05) is 72.9 Å². The van der Waals surface area contributed by atoms with Crippen LogP contribution in [0.2, 0.25) is 0 Å². The third kappa shape index (κ3) is 17.6. The Hall–Kier alpha value is -1.26. The second-order valence-electron chi connectivity index (χ2n) is 5.19. The molecule has 0 aromatic carbocycles. The van der Waals surface area contributed by atoms with Crippen LogP contribution in [0.3, 0.4) is 0 Å². The van der Waals surface area contributed by atoms with Gasteiger partial charge in [-0.05, 0) is 13.8 Å². The number of carbonyl (C=O) groups excluding carboxylic acids is 2. The van der Waals surface area contributed by atoms with Gasteiger partial charge in [0, 0.05) is 39.8 Å². The van der Waals surface area contributed by atoms with Crippen molar-refractivity contribution in [3.8, 4) is 0 Å². The van der Waals surface area contributed by atoms with Crippen LogP contribution in [0.5, 0.6) is 0 Å². The smallest absolute Gasteiger partial charge is 0.307 e. The van der Waals surface area contributed by atoms with Gasteiger partial charge in [-0.3, -0.25) is 14.5 Å². The molecule has 0 radical (unpaired) electrons. The Morgan fingerprint density at radius 2 is 1.27 bits per heavy atom. The monoisotopic (exact) mass is 379 g/mol. The second kappa shape index (κ2) is 18.5. The number of hydrogen-bond donors (Lipinski definition) is 0. The Morgan fingerprint density at radius 1 is 0.731 bits per heavy atom. The van der Waals surface area contributed by atoms with Gasteiger partial charge in [-0.15, -0.1) is 0 Å². The van der Waals surface area contributed by atoms with E-state index in [-0.39, 0.29) is 39.2 Å². The minimum atomic E-state index is -0.397. The molecular formula is C17H33NO8. The summed E-state index contributed by atoms with van der Waals surface area (Å²) in [6.07, 6.45) is 0.233. The fourth-order valence-electron chi connectivity index (χ4n) is 1.79. The van der Waals surface area contributed by atoms with Gasteiger partial charge in [0.1, 0.15) is 26.8 Å². The van der Waals surface area contributed by atoms with E-state index in [9.17, 15) is 9.59 Å². The lowest BCUT2D eigenvalue weighted by Gasteiger charge is -2.21. The van der Waals surface area contributed by atoms with E-state index >= 15 is 0 Å². The average Bonchev–Trinajstić information content (AvgIpc) is 2.62. The lowest BCUT2D eigenvalue weighted by Crippen LogP contribution is -2.33. The van der Waals surface area contributed by atoms with Gasteiger partial charge in [0.2, 0.25) is 0 Å². The van der Waals surface area contributed by atoms with E-state index in [0.29, 0.717) is 46.1 Å². The van der Waals surface area contributed by atoms with Crippen molar-refractivity contribution in [3.63, 3.8) is 0 Å². The Kier molecular flexibility index (Phi) is 17.6. The summed E-state index contributed by atoms with van der Waals surface area (Å²) in [6, 6.07) is 0. The molecule has 0 spiro atoms. The Morgan fingerprint density at radius 3 is 1.77 bits per heavy atom. The molecule has 0 atom stereocenters. The molecule has 9 nitrogen and oxygen atoms in total.